The zero-order chi connectivity index (χ0) is 21.1. The van der Waals surface area contributed by atoms with Crippen LogP contribution >= 0.6 is 11.6 Å². The quantitative estimate of drug-likeness (QED) is 0.675. The summed E-state index contributed by atoms with van der Waals surface area (Å²) in [6.07, 6.45) is 0.947. The van der Waals surface area contributed by atoms with E-state index in [1.807, 2.05) is 45.9 Å². The summed E-state index contributed by atoms with van der Waals surface area (Å²) in [5, 5.41) is 11.0. The van der Waals surface area contributed by atoms with E-state index in [9.17, 15) is 10.1 Å². The van der Waals surface area contributed by atoms with Gasteiger partial charge in [-0.2, -0.15) is 5.26 Å². The number of ether oxygens (including phenoxy) is 1. The molecule has 1 atom stereocenters. The zero-order valence-electron chi connectivity index (χ0n) is 16.9. The number of carbonyl (C=O) groups is 1. The number of nitrogens with two attached hydrogens (primary N) is 1. The number of allylic oxidation sites excluding steroid dienone is 3. The minimum absolute atomic E-state index is 0.0259. The molecule has 2 heterocycles. The predicted octanol–water partition coefficient (Wildman–Crippen LogP) is 4.96. The normalized spacial score (nSPS) is 21.1. The molecule has 1 aliphatic heterocycles. The van der Waals surface area contributed by atoms with Gasteiger partial charge in [0.2, 0.25) is 5.88 Å². The molecule has 0 spiro atoms. The number of rotatable bonds is 1. The molecule has 1 unspecified atom stereocenters. The van der Waals surface area contributed by atoms with E-state index in [0.717, 1.165) is 22.0 Å². The molecule has 0 amide bonds. The second kappa shape index (κ2) is 6.60. The van der Waals surface area contributed by atoms with E-state index in [0.29, 0.717) is 29.7 Å². The molecule has 2 aliphatic rings. The van der Waals surface area contributed by atoms with E-state index >= 15 is 0 Å². The van der Waals surface area contributed by atoms with Gasteiger partial charge in [0.05, 0.1) is 11.4 Å². The van der Waals surface area contributed by atoms with Crippen LogP contribution in [0.4, 0.5) is 0 Å². The van der Waals surface area contributed by atoms with E-state index in [2.05, 4.69) is 11.1 Å². The topological polar surface area (TPSA) is 89.0 Å². The first-order valence-corrected chi connectivity index (χ1v) is 9.90. The maximum absolute atomic E-state index is 13.1. The van der Waals surface area contributed by atoms with Crippen molar-refractivity contribution in [3.63, 3.8) is 0 Å². The first-order chi connectivity index (χ1) is 13.6. The Labute approximate surface area is 174 Å². The smallest absolute Gasteiger partial charge is 0.205 e. The summed E-state index contributed by atoms with van der Waals surface area (Å²) in [7, 11) is 0. The van der Waals surface area contributed by atoms with Crippen LogP contribution in [-0.4, -0.2) is 10.8 Å². The third-order valence-corrected chi connectivity index (χ3v) is 6.10. The SMILES string of the molecule is Cc1cc2cc(C3C(C#N)=C(N)OC4=C3C(=O)CC(C)(C)C4)c(Cl)nc2cc1C. The van der Waals surface area contributed by atoms with Crippen LogP contribution in [-0.2, 0) is 9.53 Å². The van der Waals surface area contributed by atoms with Crippen LogP contribution in [0.3, 0.4) is 0 Å². The van der Waals surface area contributed by atoms with Crippen molar-refractivity contribution in [1.82, 2.24) is 4.98 Å². The van der Waals surface area contributed by atoms with Crippen LogP contribution in [0.5, 0.6) is 0 Å². The molecule has 1 aromatic carbocycles. The summed E-state index contributed by atoms with van der Waals surface area (Å²) in [4.78, 5) is 17.7. The van der Waals surface area contributed by atoms with Gasteiger partial charge in [-0.25, -0.2) is 4.98 Å². The molecule has 29 heavy (non-hydrogen) atoms. The number of fused-ring (bicyclic) bond motifs is 1. The van der Waals surface area contributed by atoms with Gasteiger partial charge in [0.25, 0.3) is 0 Å². The van der Waals surface area contributed by atoms with E-state index in [1.165, 1.54) is 0 Å². The lowest BCUT2D eigenvalue weighted by Crippen LogP contribution is -2.33. The first-order valence-electron chi connectivity index (χ1n) is 9.52. The molecule has 5 nitrogen and oxygen atoms in total. The van der Waals surface area contributed by atoms with Crippen LogP contribution in [0.15, 0.2) is 41.0 Å². The van der Waals surface area contributed by atoms with Crippen molar-refractivity contribution in [3.8, 4) is 6.07 Å². The van der Waals surface area contributed by atoms with Crippen LogP contribution < -0.4 is 5.73 Å². The Kier molecular flexibility index (Phi) is 4.43. The van der Waals surface area contributed by atoms with E-state index in [4.69, 9.17) is 22.1 Å². The number of aryl methyl sites for hydroxylation is 2. The van der Waals surface area contributed by atoms with Crippen molar-refractivity contribution in [2.75, 3.05) is 0 Å². The molecule has 0 saturated heterocycles. The van der Waals surface area contributed by atoms with Gasteiger partial charge in [-0.05, 0) is 48.6 Å². The molecule has 0 fully saturated rings. The van der Waals surface area contributed by atoms with Gasteiger partial charge in [0.15, 0.2) is 5.78 Å². The number of hydrogen-bond donors (Lipinski definition) is 1. The Hall–Kier alpha value is -2.84. The number of aromatic nitrogens is 1. The third kappa shape index (κ3) is 3.18. The summed E-state index contributed by atoms with van der Waals surface area (Å²) in [5.41, 5.74) is 10.2. The summed E-state index contributed by atoms with van der Waals surface area (Å²) >= 11 is 6.57. The lowest BCUT2D eigenvalue weighted by Gasteiger charge is -2.37. The molecule has 1 aliphatic carbocycles. The van der Waals surface area contributed by atoms with Crippen LogP contribution in [0.25, 0.3) is 10.9 Å². The fourth-order valence-electron chi connectivity index (χ4n) is 4.23. The highest BCUT2D eigenvalue weighted by atomic mass is 35.5. The molecule has 148 valence electrons. The maximum Gasteiger partial charge on any atom is 0.205 e. The van der Waals surface area contributed by atoms with Crippen molar-refractivity contribution in [2.24, 2.45) is 11.1 Å². The van der Waals surface area contributed by atoms with Crippen molar-refractivity contribution >= 4 is 28.3 Å². The average molecular weight is 408 g/mol. The van der Waals surface area contributed by atoms with Crippen molar-refractivity contribution in [3.05, 3.63) is 62.8 Å². The van der Waals surface area contributed by atoms with Gasteiger partial charge in [0.1, 0.15) is 22.6 Å². The Bertz CT molecular complexity index is 1180. The molecule has 1 aromatic heterocycles. The Morgan fingerprint density at radius 1 is 1.24 bits per heavy atom. The number of Topliss-reactive ketones (excluding diaryl/α,β-unsaturated/α-hetero) is 1. The highest BCUT2D eigenvalue weighted by molar-refractivity contribution is 6.31. The van der Waals surface area contributed by atoms with Gasteiger partial charge < -0.3 is 10.5 Å². The molecule has 6 heteroatoms. The number of nitrogens with zero attached hydrogens (tertiary/aromatic N) is 2. The number of hydrogen-bond acceptors (Lipinski definition) is 5. The standard InChI is InChI=1S/C23H22ClN3O2/c1-11-5-13-7-14(21(24)27-16(13)6-12(11)2)19-15(10-25)22(26)29-18-9-23(3,4)8-17(28)20(18)19/h5-7,19H,8-9,26H2,1-4H3. The second-order valence-corrected chi connectivity index (χ2v) is 9.06. The largest absolute Gasteiger partial charge is 0.444 e. The Morgan fingerprint density at radius 2 is 1.93 bits per heavy atom. The summed E-state index contributed by atoms with van der Waals surface area (Å²) in [6, 6.07) is 8.06. The maximum atomic E-state index is 13.1. The molecule has 2 aromatic rings. The van der Waals surface area contributed by atoms with Gasteiger partial charge in [-0.3, -0.25) is 4.79 Å². The summed E-state index contributed by atoms with van der Waals surface area (Å²) in [5.74, 6) is -0.155. The Balaban J connectivity index is 1.97. The van der Waals surface area contributed by atoms with Crippen molar-refractivity contribution in [2.45, 2.75) is 46.5 Å². The molecule has 0 bridgehead atoms. The van der Waals surface area contributed by atoms with Gasteiger partial charge in [-0.1, -0.05) is 25.4 Å². The van der Waals surface area contributed by atoms with Crippen LogP contribution in [0.2, 0.25) is 5.15 Å². The summed E-state index contributed by atoms with van der Waals surface area (Å²) in [6.45, 7) is 8.09. The average Bonchev–Trinajstić information content (AvgIpc) is 2.60. The Morgan fingerprint density at radius 3 is 2.62 bits per heavy atom. The van der Waals surface area contributed by atoms with Crippen LogP contribution in [0, 0.1) is 30.6 Å². The highest BCUT2D eigenvalue weighted by Gasteiger charge is 2.43. The van der Waals surface area contributed by atoms with Crippen molar-refractivity contribution in [1.29, 1.82) is 5.26 Å². The molecule has 0 saturated carbocycles. The third-order valence-electron chi connectivity index (χ3n) is 5.80. The number of halogens is 1. The lowest BCUT2D eigenvalue weighted by atomic mass is 9.70. The molecular formula is C23H22ClN3O2. The highest BCUT2D eigenvalue weighted by Crippen LogP contribution is 2.49. The fourth-order valence-corrected chi connectivity index (χ4v) is 4.49. The van der Waals surface area contributed by atoms with Gasteiger partial charge in [0, 0.05) is 29.4 Å². The molecule has 0 radical (unpaired) electrons. The van der Waals surface area contributed by atoms with E-state index in [1.54, 1.807) is 0 Å². The number of nitriles is 1. The van der Waals surface area contributed by atoms with Gasteiger partial charge >= 0.3 is 0 Å². The zero-order valence-corrected chi connectivity index (χ0v) is 17.6. The molecule has 4 rings (SSSR count). The second-order valence-electron chi connectivity index (χ2n) is 8.70. The molecule has 2 N–H and O–H groups in total. The summed E-state index contributed by atoms with van der Waals surface area (Å²) < 4.78 is 5.74. The number of carbonyl (C=O) groups excluding carboxylic acids is 1. The number of benzene rings is 1. The van der Waals surface area contributed by atoms with E-state index in [-0.39, 0.29) is 27.8 Å². The molecular weight excluding hydrogens is 386 g/mol. The fraction of sp³-hybridized carbons (Fsp3) is 0.348. The number of pyridine rings is 1. The van der Waals surface area contributed by atoms with E-state index < -0.39 is 5.92 Å². The predicted molar refractivity (Wildman–Crippen MR) is 112 cm³/mol. The number of ketones is 1. The first kappa shape index (κ1) is 19.5. The van der Waals surface area contributed by atoms with Gasteiger partial charge in [-0.15, -0.1) is 0 Å². The van der Waals surface area contributed by atoms with Crippen molar-refractivity contribution < 1.29 is 9.53 Å². The van der Waals surface area contributed by atoms with Crippen LogP contribution in [0.1, 0.15) is 49.3 Å². The monoisotopic (exact) mass is 407 g/mol. The lowest BCUT2D eigenvalue weighted by molar-refractivity contribution is -0.119. The minimum Gasteiger partial charge on any atom is -0.444 e. The minimum atomic E-state index is -0.668.